The number of amides is 3. The van der Waals surface area contributed by atoms with Gasteiger partial charge in [0.15, 0.2) is 5.41 Å². The summed E-state index contributed by atoms with van der Waals surface area (Å²) in [6.45, 7) is 3.38. The van der Waals surface area contributed by atoms with Crippen LogP contribution < -0.4 is 5.32 Å². The predicted molar refractivity (Wildman–Crippen MR) is 116 cm³/mol. The number of halogens is 2. The molecular formula is C23H28ClFN4O3. The second-order valence-corrected chi connectivity index (χ2v) is 9.44. The number of carbonyl (C=O) groups excluding carboxylic acids is 2. The molecule has 7 nitrogen and oxygen atoms in total. The maximum Gasteiger partial charge on any atom is 0.318 e. The number of nitrogens with zero attached hydrogens (tertiary/aromatic N) is 3. The molecule has 3 amide bonds. The Kier molecular flexibility index (Phi) is 6.59. The maximum atomic E-state index is 14.2. The van der Waals surface area contributed by atoms with Gasteiger partial charge < -0.3 is 19.9 Å². The van der Waals surface area contributed by atoms with E-state index in [9.17, 15) is 19.2 Å². The fourth-order valence-corrected chi connectivity index (χ4v) is 4.79. The van der Waals surface area contributed by atoms with Gasteiger partial charge in [-0.1, -0.05) is 11.6 Å². The molecule has 1 aliphatic carbocycles. The van der Waals surface area contributed by atoms with Crippen molar-refractivity contribution in [1.82, 2.24) is 15.1 Å². The van der Waals surface area contributed by atoms with Crippen LogP contribution in [0.1, 0.15) is 43.2 Å². The molecule has 0 spiro atoms. The molecule has 32 heavy (non-hydrogen) atoms. The number of nitriles is 1. The molecule has 1 unspecified atom stereocenters. The Morgan fingerprint density at radius 1 is 1.38 bits per heavy atom. The average molecular weight is 463 g/mol. The fourth-order valence-electron chi connectivity index (χ4n) is 4.64. The zero-order valence-corrected chi connectivity index (χ0v) is 19.0. The van der Waals surface area contributed by atoms with E-state index in [2.05, 4.69) is 11.4 Å². The second kappa shape index (κ2) is 9.24. The summed E-state index contributed by atoms with van der Waals surface area (Å²) < 4.78 is 19.6. The lowest BCUT2D eigenvalue weighted by Crippen LogP contribution is -2.57. The lowest BCUT2D eigenvalue weighted by molar-refractivity contribution is -0.141. The van der Waals surface area contributed by atoms with Crippen LogP contribution in [0.4, 0.5) is 9.18 Å². The van der Waals surface area contributed by atoms with E-state index in [-0.39, 0.29) is 37.2 Å². The Morgan fingerprint density at radius 2 is 2.16 bits per heavy atom. The highest BCUT2D eigenvalue weighted by Gasteiger charge is 2.47. The van der Waals surface area contributed by atoms with E-state index in [0.29, 0.717) is 36.7 Å². The van der Waals surface area contributed by atoms with Gasteiger partial charge in [-0.05, 0) is 50.3 Å². The van der Waals surface area contributed by atoms with Crippen LogP contribution in [0.5, 0.6) is 0 Å². The van der Waals surface area contributed by atoms with Gasteiger partial charge in [0.25, 0.3) is 0 Å². The molecule has 172 valence electrons. The molecule has 1 aromatic carbocycles. The highest BCUT2D eigenvalue weighted by atomic mass is 35.5. The van der Waals surface area contributed by atoms with Crippen LogP contribution in [0, 0.1) is 29.5 Å². The van der Waals surface area contributed by atoms with Gasteiger partial charge in [-0.3, -0.25) is 4.79 Å². The largest absolute Gasteiger partial charge is 0.379 e. The van der Waals surface area contributed by atoms with Gasteiger partial charge >= 0.3 is 6.03 Å². The number of hydrogen-bond acceptors (Lipinski definition) is 4. The van der Waals surface area contributed by atoms with Gasteiger partial charge in [-0.15, -0.1) is 0 Å². The number of aryl methyl sites for hydroxylation is 1. The molecule has 2 atom stereocenters. The van der Waals surface area contributed by atoms with Crippen LogP contribution in [0.2, 0.25) is 5.02 Å². The third-order valence-corrected chi connectivity index (χ3v) is 7.06. The minimum atomic E-state index is -1.11. The van der Waals surface area contributed by atoms with Gasteiger partial charge in [0.1, 0.15) is 5.82 Å². The van der Waals surface area contributed by atoms with Gasteiger partial charge in [-0.2, -0.15) is 5.26 Å². The van der Waals surface area contributed by atoms with Crippen LogP contribution in [0.25, 0.3) is 0 Å². The molecule has 4 rings (SSSR count). The van der Waals surface area contributed by atoms with E-state index in [0.717, 1.165) is 31.2 Å². The van der Waals surface area contributed by atoms with Gasteiger partial charge in [0.05, 0.1) is 18.7 Å². The molecule has 1 N–H and O–H groups in total. The predicted octanol–water partition coefficient (Wildman–Crippen LogP) is 3.38. The Bertz CT molecular complexity index is 940. The molecule has 3 aliphatic rings. The highest BCUT2D eigenvalue weighted by Crippen LogP contribution is 2.34. The topological polar surface area (TPSA) is 85.7 Å². The van der Waals surface area contributed by atoms with Crippen LogP contribution in [-0.2, 0) is 16.1 Å². The van der Waals surface area contributed by atoms with Crippen molar-refractivity contribution in [1.29, 1.82) is 5.26 Å². The van der Waals surface area contributed by atoms with Gasteiger partial charge in [0, 0.05) is 49.3 Å². The Morgan fingerprint density at radius 3 is 2.81 bits per heavy atom. The third-order valence-electron chi connectivity index (χ3n) is 6.65. The number of likely N-dealkylation sites (tertiary alicyclic amines) is 1. The van der Waals surface area contributed by atoms with Crippen molar-refractivity contribution in [3.8, 4) is 6.07 Å². The highest BCUT2D eigenvalue weighted by molar-refractivity contribution is 6.31. The third kappa shape index (κ3) is 4.55. The lowest BCUT2D eigenvalue weighted by atomic mass is 9.86. The summed E-state index contributed by atoms with van der Waals surface area (Å²) >= 11 is 5.96. The molecule has 1 saturated carbocycles. The first kappa shape index (κ1) is 22.8. The quantitative estimate of drug-likeness (QED) is 0.726. The standard InChI is InChI=1S/C23H28ClFN4O3/c1-15-9-16(20(25)10-19(15)24)11-27-22(31)29(17-4-5-17)18-3-2-7-28(12-18)21(30)23(13-26)6-8-32-14-23/h9-10,17-18H,2-8,11-12,14H2,1H3,(H,27,31)/t18-,23?/m1/s1. The summed E-state index contributed by atoms with van der Waals surface area (Å²) in [7, 11) is 0. The van der Waals surface area contributed by atoms with E-state index >= 15 is 0 Å². The molecule has 0 aromatic heterocycles. The summed E-state index contributed by atoms with van der Waals surface area (Å²) in [5.41, 5.74) is 0.0205. The maximum absolute atomic E-state index is 14.2. The smallest absolute Gasteiger partial charge is 0.318 e. The average Bonchev–Trinajstić information content (AvgIpc) is 3.49. The SMILES string of the molecule is Cc1cc(CNC(=O)N(C2CC2)[C@@H]2CCCN(C(=O)C3(C#N)CCOC3)C2)c(F)cc1Cl. The molecule has 1 aromatic rings. The zero-order chi connectivity index (χ0) is 22.9. The molecule has 2 saturated heterocycles. The van der Waals surface area contributed by atoms with Crippen molar-refractivity contribution in [2.45, 2.75) is 57.7 Å². The van der Waals surface area contributed by atoms with E-state index in [4.69, 9.17) is 16.3 Å². The molecular weight excluding hydrogens is 435 g/mol. The van der Waals surface area contributed by atoms with E-state index in [1.165, 1.54) is 6.07 Å². The molecule has 2 aliphatic heterocycles. The number of carbonyl (C=O) groups is 2. The Balaban J connectivity index is 1.43. The first-order valence-electron chi connectivity index (χ1n) is 11.1. The number of benzene rings is 1. The van der Waals surface area contributed by atoms with Crippen molar-refractivity contribution >= 4 is 23.5 Å². The normalized spacial score (nSPS) is 25.3. The minimum absolute atomic E-state index is 0.0656. The first-order chi connectivity index (χ1) is 15.3. The first-order valence-corrected chi connectivity index (χ1v) is 11.5. The number of hydrogen-bond donors (Lipinski definition) is 1. The van der Waals surface area contributed by atoms with Crippen molar-refractivity contribution < 1.29 is 18.7 Å². The van der Waals surface area contributed by atoms with Gasteiger partial charge in [0.2, 0.25) is 5.91 Å². The number of ether oxygens (including phenoxy) is 1. The lowest BCUT2D eigenvalue weighted by Gasteiger charge is -2.41. The Hall–Kier alpha value is -2.37. The Labute approximate surface area is 192 Å². The summed E-state index contributed by atoms with van der Waals surface area (Å²) in [4.78, 5) is 29.8. The van der Waals surface area contributed by atoms with Crippen LogP contribution in [-0.4, -0.2) is 60.1 Å². The summed E-state index contributed by atoms with van der Waals surface area (Å²) in [6.07, 6.45) is 3.80. The molecule has 2 heterocycles. The number of piperidine rings is 1. The number of rotatable bonds is 5. The van der Waals surface area contributed by atoms with Crippen LogP contribution in [0.15, 0.2) is 12.1 Å². The van der Waals surface area contributed by atoms with Crippen molar-refractivity contribution in [2.75, 3.05) is 26.3 Å². The van der Waals surface area contributed by atoms with E-state index in [1.807, 2.05) is 4.90 Å². The van der Waals surface area contributed by atoms with E-state index in [1.54, 1.807) is 17.9 Å². The zero-order valence-electron chi connectivity index (χ0n) is 18.2. The molecule has 0 bridgehead atoms. The second-order valence-electron chi connectivity index (χ2n) is 9.03. The molecule has 3 fully saturated rings. The number of urea groups is 1. The summed E-state index contributed by atoms with van der Waals surface area (Å²) in [6, 6.07) is 4.83. The van der Waals surface area contributed by atoms with E-state index < -0.39 is 11.2 Å². The van der Waals surface area contributed by atoms with Crippen LogP contribution >= 0.6 is 11.6 Å². The fraction of sp³-hybridized carbons (Fsp3) is 0.609. The van der Waals surface area contributed by atoms with Crippen molar-refractivity contribution in [3.63, 3.8) is 0 Å². The minimum Gasteiger partial charge on any atom is -0.379 e. The summed E-state index contributed by atoms with van der Waals surface area (Å²) in [5, 5.41) is 12.8. The van der Waals surface area contributed by atoms with Crippen LogP contribution in [0.3, 0.4) is 0 Å². The van der Waals surface area contributed by atoms with Crippen molar-refractivity contribution in [2.24, 2.45) is 5.41 Å². The van der Waals surface area contributed by atoms with Crippen molar-refractivity contribution in [3.05, 3.63) is 34.1 Å². The summed E-state index contributed by atoms with van der Waals surface area (Å²) in [5.74, 6) is -0.647. The monoisotopic (exact) mass is 462 g/mol. The molecule has 9 heteroatoms. The van der Waals surface area contributed by atoms with Gasteiger partial charge in [-0.25, -0.2) is 9.18 Å². The molecule has 0 radical (unpaired) electrons. The number of nitrogens with one attached hydrogen (secondary N) is 1.